The fourth-order valence-electron chi connectivity index (χ4n) is 3.80. The minimum absolute atomic E-state index is 0.284. The number of aliphatic hydroxyl groups excluding tert-OH is 1. The zero-order valence-electron chi connectivity index (χ0n) is 19.7. The van der Waals surface area contributed by atoms with Gasteiger partial charge in [0.15, 0.2) is 0 Å². The van der Waals surface area contributed by atoms with Crippen molar-refractivity contribution in [3.63, 3.8) is 0 Å². The Bertz CT molecular complexity index is 329. The Kier molecular flexibility index (Phi) is 23.1. The van der Waals surface area contributed by atoms with E-state index in [-0.39, 0.29) is 6.61 Å². The van der Waals surface area contributed by atoms with Gasteiger partial charge in [-0.1, -0.05) is 77.6 Å². The molecule has 0 aromatic carbocycles. The summed E-state index contributed by atoms with van der Waals surface area (Å²) in [6.07, 6.45) is 19.5. The zero-order chi connectivity index (χ0) is 21.4. The number of hydrogen-bond donors (Lipinski definition) is 2. The Morgan fingerprint density at radius 2 is 1.21 bits per heavy atom. The third-order valence-corrected chi connectivity index (χ3v) is 5.70. The van der Waals surface area contributed by atoms with Gasteiger partial charge in [0.1, 0.15) is 0 Å². The third-order valence-electron chi connectivity index (χ3n) is 5.70. The highest BCUT2D eigenvalue weighted by Gasteiger charge is 2.06. The first kappa shape index (κ1) is 28.4. The lowest BCUT2D eigenvalue weighted by molar-refractivity contribution is -0.109. The molecule has 0 fully saturated rings. The largest absolute Gasteiger partial charge is 0.396 e. The van der Waals surface area contributed by atoms with Gasteiger partial charge in [0.25, 0.3) is 0 Å². The van der Waals surface area contributed by atoms with E-state index in [0.717, 1.165) is 52.0 Å². The molecule has 0 aliphatic rings. The van der Waals surface area contributed by atoms with Gasteiger partial charge in [-0.25, -0.2) is 0 Å². The monoisotopic (exact) mass is 413 g/mol. The predicted octanol–water partition coefficient (Wildman–Crippen LogP) is 4.44. The van der Waals surface area contributed by atoms with Crippen LogP contribution in [0.4, 0.5) is 0 Å². The van der Waals surface area contributed by atoms with Gasteiger partial charge in [-0.2, -0.15) is 0 Å². The summed E-state index contributed by atoms with van der Waals surface area (Å²) >= 11 is 0. The number of unbranched alkanes of at least 4 members (excludes halogenated alkanes) is 11. The van der Waals surface area contributed by atoms with E-state index < -0.39 is 0 Å². The number of nitrogens with one attached hydrogen (secondary N) is 1. The third kappa shape index (κ3) is 21.9. The predicted molar refractivity (Wildman–Crippen MR) is 125 cm³/mol. The van der Waals surface area contributed by atoms with Gasteiger partial charge in [0, 0.05) is 26.2 Å². The maximum Gasteiger partial charge on any atom is 0.207 e. The molecule has 0 radical (unpaired) electrons. The normalized spacial score (nSPS) is 11.5. The molecule has 5 nitrogen and oxygen atoms in total. The van der Waals surface area contributed by atoms with Gasteiger partial charge in [0.05, 0.1) is 0 Å². The Morgan fingerprint density at radius 3 is 1.76 bits per heavy atom. The Labute approximate surface area is 181 Å². The number of likely N-dealkylation sites (N-methyl/N-ethyl adjacent to an activating group) is 1. The van der Waals surface area contributed by atoms with Gasteiger partial charge in [-0.05, 0) is 45.9 Å². The van der Waals surface area contributed by atoms with Crippen molar-refractivity contribution < 1.29 is 9.90 Å². The molecule has 1 amide bonds. The molecule has 0 aliphatic heterocycles. The van der Waals surface area contributed by atoms with Crippen LogP contribution < -0.4 is 5.32 Å². The maximum absolute atomic E-state index is 10.3. The molecule has 0 aromatic rings. The molecular formula is C24H51N3O2. The van der Waals surface area contributed by atoms with E-state index in [2.05, 4.69) is 29.1 Å². The maximum atomic E-state index is 10.3. The van der Waals surface area contributed by atoms with Crippen molar-refractivity contribution in [3.8, 4) is 0 Å². The van der Waals surface area contributed by atoms with Crippen LogP contribution in [0, 0.1) is 0 Å². The summed E-state index contributed by atoms with van der Waals surface area (Å²) in [5.41, 5.74) is 0. The van der Waals surface area contributed by atoms with Gasteiger partial charge in [-0.3, -0.25) is 4.79 Å². The molecule has 0 aliphatic carbocycles. The molecule has 0 spiro atoms. The van der Waals surface area contributed by atoms with E-state index in [1.807, 2.05) is 0 Å². The molecule has 0 bridgehead atoms. The number of rotatable bonds is 24. The molecule has 0 atom stereocenters. The number of aliphatic hydroxyl groups is 1. The molecule has 0 aromatic heterocycles. The van der Waals surface area contributed by atoms with E-state index in [1.54, 1.807) is 0 Å². The van der Waals surface area contributed by atoms with Crippen LogP contribution in [0.2, 0.25) is 0 Å². The highest BCUT2D eigenvalue weighted by molar-refractivity contribution is 5.45. The summed E-state index contributed by atoms with van der Waals surface area (Å²) in [6, 6.07) is 0. The summed E-state index contributed by atoms with van der Waals surface area (Å²) < 4.78 is 0. The van der Waals surface area contributed by atoms with E-state index in [1.165, 1.54) is 77.0 Å². The van der Waals surface area contributed by atoms with Gasteiger partial charge in [-0.15, -0.1) is 0 Å². The molecular weight excluding hydrogens is 362 g/mol. The quantitative estimate of drug-likeness (QED) is 0.181. The van der Waals surface area contributed by atoms with Crippen molar-refractivity contribution in [2.75, 3.05) is 52.9 Å². The Morgan fingerprint density at radius 1 is 0.690 bits per heavy atom. The summed E-state index contributed by atoms with van der Waals surface area (Å²) in [5.74, 6) is 0. The molecule has 5 heteroatoms. The summed E-state index contributed by atoms with van der Waals surface area (Å²) in [4.78, 5) is 15.1. The van der Waals surface area contributed by atoms with E-state index in [0.29, 0.717) is 6.54 Å². The summed E-state index contributed by atoms with van der Waals surface area (Å²) in [6.45, 7) is 8.49. The second-order valence-electron chi connectivity index (χ2n) is 8.54. The van der Waals surface area contributed by atoms with E-state index in [9.17, 15) is 4.79 Å². The van der Waals surface area contributed by atoms with E-state index >= 15 is 0 Å². The minimum Gasteiger partial charge on any atom is -0.396 e. The van der Waals surface area contributed by atoms with Crippen molar-refractivity contribution in [2.24, 2.45) is 0 Å². The fourth-order valence-corrected chi connectivity index (χ4v) is 3.80. The average Bonchev–Trinajstić information content (AvgIpc) is 2.72. The lowest BCUT2D eigenvalue weighted by Gasteiger charge is -2.24. The van der Waals surface area contributed by atoms with Crippen LogP contribution in [0.3, 0.4) is 0 Å². The van der Waals surface area contributed by atoms with Crippen molar-refractivity contribution in [3.05, 3.63) is 0 Å². The highest BCUT2D eigenvalue weighted by atomic mass is 16.3. The fraction of sp³-hybridized carbons (Fsp3) is 0.958. The topological polar surface area (TPSA) is 55.8 Å². The van der Waals surface area contributed by atoms with Gasteiger partial charge < -0.3 is 20.2 Å². The second-order valence-corrected chi connectivity index (χ2v) is 8.54. The first-order valence-electron chi connectivity index (χ1n) is 12.4. The first-order chi connectivity index (χ1) is 14.2. The zero-order valence-corrected chi connectivity index (χ0v) is 19.7. The van der Waals surface area contributed by atoms with Crippen molar-refractivity contribution in [1.29, 1.82) is 0 Å². The van der Waals surface area contributed by atoms with Crippen LogP contribution in [0.5, 0.6) is 0 Å². The van der Waals surface area contributed by atoms with Crippen LogP contribution >= 0.6 is 0 Å². The minimum atomic E-state index is 0.284. The number of hydrogen-bond acceptors (Lipinski definition) is 4. The van der Waals surface area contributed by atoms with Crippen molar-refractivity contribution >= 4 is 6.41 Å². The average molecular weight is 414 g/mol. The molecule has 0 rings (SSSR count). The molecule has 0 saturated heterocycles. The molecule has 0 saturated carbocycles. The van der Waals surface area contributed by atoms with Crippen molar-refractivity contribution in [1.82, 2.24) is 15.1 Å². The lowest BCUT2D eigenvalue weighted by atomic mass is 10.1. The standard InChI is InChI=1S/C24H51N3O2/c1-3-4-5-6-7-8-9-10-11-12-13-14-19-27(21-16-23-28)20-15-18-26(2)22-17-25-24-29/h24,28H,3-23H2,1-2H3,(H,25,29). The molecule has 2 N–H and O–H groups in total. The first-order valence-corrected chi connectivity index (χ1v) is 12.4. The Hall–Kier alpha value is -0.650. The van der Waals surface area contributed by atoms with E-state index in [4.69, 9.17) is 5.11 Å². The SMILES string of the molecule is CCCCCCCCCCCCCCN(CCCO)CCCN(C)CCNC=O. The number of nitrogens with zero attached hydrogens (tertiary/aromatic N) is 2. The summed E-state index contributed by atoms with van der Waals surface area (Å²) in [5, 5.41) is 11.9. The highest BCUT2D eigenvalue weighted by Crippen LogP contribution is 2.12. The number of carbonyl (C=O) groups is 1. The second kappa shape index (κ2) is 23.6. The van der Waals surface area contributed by atoms with Crippen LogP contribution in [0.15, 0.2) is 0 Å². The summed E-state index contributed by atoms with van der Waals surface area (Å²) in [7, 11) is 2.11. The molecule has 0 unspecified atom stereocenters. The van der Waals surface area contributed by atoms with Crippen LogP contribution in [0.1, 0.15) is 96.8 Å². The van der Waals surface area contributed by atoms with Crippen LogP contribution in [0.25, 0.3) is 0 Å². The van der Waals surface area contributed by atoms with Gasteiger partial charge in [0.2, 0.25) is 6.41 Å². The molecule has 174 valence electrons. The van der Waals surface area contributed by atoms with Crippen LogP contribution in [-0.4, -0.2) is 74.2 Å². The number of amides is 1. The van der Waals surface area contributed by atoms with Gasteiger partial charge >= 0.3 is 0 Å². The smallest absolute Gasteiger partial charge is 0.207 e. The van der Waals surface area contributed by atoms with Crippen LogP contribution in [-0.2, 0) is 4.79 Å². The lowest BCUT2D eigenvalue weighted by Crippen LogP contribution is -2.33. The molecule has 29 heavy (non-hydrogen) atoms. The number of carbonyl (C=O) groups excluding carboxylic acids is 1. The molecule has 0 heterocycles. The van der Waals surface area contributed by atoms with Crippen molar-refractivity contribution in [2.45, 2.75) is 96.8 Å². The Balaban J connectivity index is 3.62.